The van der Waals surface area contributed by atoms with E-state index < -0.39 is 0 Å². The first-order chi connectivity index (χ1) is 10.2. The zero-order chi connectivity index (χ0) is 14.8. The molecule has 1 unspecified atom stereocenters. The van der Waals surface area contributed by atoms with Gasteiger partial charge in [0, 0.05) is 22.3 Å². The molecule has 1 atom stereocenters. The Kier molecular flexibility index (Phi) is 4.03. The lowest BCUT2D eigenvalue weighted by atomic mass is 10.1. The summed E-state index contributed by atoms with van der Waals surface area (Å²) in [5.41, 5.74) is 1.25. The van der Waals surface area contributed by atoms with Crippen molar-refractivity contribution < 1.29 is 8.81 Å². The molecule has 3 nitrogen and oxygen atoms in total. The molecule has 0 aliphatic carbocycles. The van der Waals surface area contributed by atoms with Crippen molar-refractivity contribution in [2.45, 2.75) is 13.0 Å². The second-order valence-corrected chi connectivity index (χ2v) is 5.65. The van der Waals surface area contributed by atoms with Crippen molar-refractivity contribution in [2.24, 2.45) is 0 Å². The Hall–Kier alpha value is -1.72. The monoisotopic (exact) mass is 348 g/mol. The summed E-state index contributed by atoms with van der Waals surface area (Å²) < 4.78 is 20.4. The van der Waals surface area contributed by atoms with Crippen LogP contribution in [-0.2, 0) is 0 Å². The molecule has 0 radical (unpaired) electrons. The topological polar surface area (TPSA) is 38.1 Å². The Balaban J connectivity index is 2.09. The highest BCUT2D eigenvalue weighted by molar-refractivity contribution is 9.10. The fraction of sp³-hybridized carbons (Fsp3) is 0.188. The van der Waals surface area contributed by atoms with Crippen molar-refractivity contribution in [2.75, 3.05) is 6.54 Å². The number of hydrogen-bond donors (Lipinski definition) is 1. The number of benzene rings is 1. The number of aromatic nitrogens is 1. The summed E-state index contributed by atoms with van der Waals surface area (Å²) in [6, 6.07) is 8.61. The quantitative estimate of drug-likeness (QED) is 0.757. The first-order valence-corrected chi connectivity index (χ1v) is 7.50. The number of para-hydroxylation sites is 1. The van der Waals surface area contributed by atoms with Crippen LogP contribution in [0, 0.1) is 5.82 Å². The molecule has 0 aliphatic rings. The molecule has 21 heavy (non-hydrogen) atoms. The van der Waals surface area contributed by atoms with Gasteiger partial charge in [-0.05, 0) is 46.2 Å². The van der Waals surface area contributed by atoms with Crippen molar-refractivity contribution >= 4 is 26.9 Å². The zero-order valence-corrected chi connectivity index (χ0v) is 13.0. The van der Waals surface area contributed by atoms with Gasteiger partial charge in [0.05, 0.1) is 6.04 Å². The molecule has 0 saturated heterocycles. The molecular weight excluding hydrogens is 335 g/mol. The Morgan fingerprint density at radius 1 is 1.33 bits per heavy atom. The summed E-state index contributed by atoms with van der Waals surface area (Å²) in [5.74, 6) is 0.332. The largest absolute Gasteiger partial charge is 0.456 e. The van der Waals surface area contributed by atoms with Crippen LogP contribution in [0.2, 0.25) is 0 Å². The van der Waals surface area contributed by atoms with E-state index in [-0.39, 0.29) is 11.9 Å². The van der Waals surface area contributed by atoms with Crippen molar-refractivity contribution in [3.63, 3.8) is 0 Å². The van der Waals surface area contributed by atoms with E-state index in [4.69, 9.17) is 4.42 Å². The van der Waals surface area contributed by atoms with E-state index in [0.29, 0.717) is 11.3 Å². The molecule has 108 valence electrons. The van der Waals surface area contributed by atoms with Gasteiger partial charge in [-0.2, -0.15) is 0 Å². The minimum Gasteiger partial charge on any atom is -0.456 e. The van der Waals surface area contributed by atoms with Gasteiger partial charge in [-0.3, -0.25) is 4.98 Å². The fourth-order valence-corrected chi connectivity index (χ4v) is 2.75. The van der Waals surface area contributed by atoms with Crippen LogP contribution in [0.3, 0.4) is 0 Å². The predicted molar refractivity (Wildman–Crippen MR) is 83.6 cm³/mol. The Morgan fingerprint density at radius 3 is 2.90 bits per heavy atom. The molecular formula is C16H14BrFN2O. The van der Waals surface area contributed by atoms with Crippen molar-refractivity contribution in [3.05, 3.63) is 64.3 Å². The second-order valence-electron chi connectivity index (χ2n) is 4.73. The first-order valence-electron chi connectivity index (χ1n) is 6.71. The number of pyridine rings is 1. The molecule has 0 aliphatic heterocycles. The maximum absolute atomic E-state index is 13.8. The molecule has 0 amide bonds. The van der Waals surface area contributed by atoms with Gasteiger partial charge >= 0.3 is 0 Å². The molecule has 0 bridgehead atoms. The van der Waals surface area contributed by atoms with E-state index in [2.05, 4.69) is 26.2 Å². The van der Waals surface area contributed by atoms with Crippen LogP contribution < -0.4 is 5.32 Å². The molecule has 2 aromatic heterocycles. The molecule has 5 heteroatoms. The molecule has 1 aromatic carbocycles. The number of halogens is 2. The first kappa shape index (κ1) is 14.2. The molecule has 0 fully saturated rings. The van der Waals surface area contributed by atoms with E-state index in [1.807, 2.05) is 25.1 Å². The van der Waals surface area contributed by atoms with Gasteiger partial charge in [0.25, 0.3) is 0 Å². The lowest BCUT2D eigenvalue weighted by Gasteiger charge is -2.15. The Labute approximate surface area is 130 Å². The average Bonchev–Trinajstić information content (AvgIpc) is 2.90. The lowest BCUT2D eigenvalue weighted by molar-refractivity contribution is 0.464. The molecule has 1 N–H and O–H groups in total. The summed E-state index contributed by atoms with van der Waals surface area (Å²) in [4.78, 5) is 4.18. The van der Waals surface area contributed by atoms with E-state index in [0.717, 1.165) is 22.0 Å². The van der Waals surface area contributed by atoms with Gasteiger partial charge < -0.3 is 9.73 Å². The zero-order valence-electron chi connectivity index (χ0n) is 11.4. The number of hydrogen-bond acceptors (Lipinski definition) is 3. The summed E-state index contributed by atoms with van der Waals surface area (Å²) in [7, 11) is 0. The highest BCUT2D eigenvalue weighted by Crippen LogP contribution is 2.30. The summed E-state index contributed by atoms with van der Waals surface area (Å²) >= 11 is 3.42. The third-order valence-corrected chi connectivity index (χ3v) is 3.70. The van der Waals surface area contributed by atoms with Crippen LogP contribution in [0.25, 0.3) is 11.0 Å². The number of fused-ring (bicyclic) bond motifs is 1. The van der Waals surface area contributed by atoms with Gasteiger partial charge in [0.2, 0.25) is 0 Å². The number of nitrogens with one attached hydrogen (secondary N) is 1. The van der Waals surface area contributed by atoms with Crippen LogP contribution in [0.15, 0.2) is 51.6 Å². The Morgan fingerprint density at radius 2 is 2.19 bits per heavy atom. The number of nitrogens with zero attached hydrogens (tertiary/aromatic N) is 1. The number of furan rings is 1. The standard InChI is InChI=1S/C16H14BrFN2O/c1-2-20-15(11-6-12(17)9-19-8-11)14-7-10-4-3-5-13(18)16(10)21-14/h3-9,15,20H,2H2,1H3. The summed E-state index contributed by atoms with van der Waals surface area (Å²) in [5, 5.41) is 4.11. The van der Waals surface area contributed by atoms with Gasteiger partial charge in [0.1, 0.15) is 5.76 Å². The lowest BCUT2D eigenvalue weighted by Crippen LogP contribution is -2.21. The van der Waals surface area contributed by atoms with Gasteiger partial charge in [0.15, 0.2) is 11.4 Å². The fourth-order valence-electron chi connectivity index (χ4n) is 2.36. The van der Waals surface area contributed by atoms with Gasteiger partial charge in [-0.1, -0.05) is 19.1 Å². The van der Waals surface area contributed by atoms with E-state index >= 15 is 0 Å². The molecule has 3 rings (SSSR count). The minimum atomic E-state index is -0.346. The van der Waals surface area contributed by atoms with Gasteiger partial charge in [-0.25, -0.2) is 4.39 Å². The van der Waals surface area contributed by atoms with Crippen LogP contribution in [0.5, 0.6) is 0 Å². The SMILES string of the molecule is CCNC(c1cncc(Br)c1)c1cc2cccc(F)c2o1. The van der Waals surface area contributed by atoms with Crippen LogP contribution >= 0.6 is 15.9 Å². The maximum atomic E-state index is 13.8. The molecule has 2 heterocycles. The molecule has 0 saturated carbocycles. The van der Waals surface area contributed by atoms with Crippen LogP contribution in [0.4, 0.5) is 4.39 Å². The summed E-state index contributed by atoms with van der Waals surface area (Å²) in [6.45, 7) is 2.78. The highest BCUT2D eigenvalue weighted by Gasteiger charge is 2.19. The van der Waals surface area contributed by atoms with Crippen molar-refractivity contribution in [1.29, 1.82) is 0 Å². The Bertz CT molecular complexity index is 772. The van der Waals surface area contributed by atoms with Crippen molar-refractivity contribution in [1.82, 2.24) is 10.3 Å². The minimum absolute atomic E-state index is 0.160. The predicted octanol–water partition coefficient (Wildman–Crippen LogP) is 4.43. The van der Waals surface area contributed by atoms with Crippen LogP contribution in [-0.4, -0.2) is 11.5 Å². The smallest absolute Gasteiger partial charge is 0.169 e. The van der Waals surface area contributed by atoms with Crippen LogP contribution in [0.1, 0.15) is 24.3 Å². The normalized spacial score (nSPS) is 12.7. The number of rotatable bonds is 4. The van der Waals surface area contributed by atoms with Gasteiger partial charge in [-0.15, -0.1) is 0 Å². The maximum Gasteiger partial charge on any atom is 0.169 e. The third-order valence-electron chi connectivity index (χ3n) is 3.27. The van der Waals surface area contributed by atoms with Crippen molar-refractivity contribution in [3.8, 4) is 0 Å². The molecule has 0 spiro atoms. The van der Waals surface area contributed by atoms with E-state index in [1.54, 1.807) is 18.5 Å². The van der Waals surface area contributed by atoms with E-state index in [9.17, 15) is 4.39 Å². The average molecular weight is 349 g/mol. The second kappa shape index (κ2) is 5.95. The third kappa shape index (κ3) is 2.84. The summed E-state index contributed by atoms with van der Waals surface area (Å²) in [6.07, 6.45) is 3.51. The highest BCUT2D eigenvalue weighted by atomic mass is 79.9. The molecule has 3 aromatic rings. The van der Waals surface area contributed by atoms with E-state index in [1.165, 1.54) is 6.07 Å².